The summed E-state index contributed by atoms with van der Waals surface area (Å²) in [4.78, 5) is 27.3. The van der Waals surface area contributed by atoms with Crippen molar-refractivity contribution in [2.75, 3.05) is 33.3 Å². The van der Waals surface area contributed by atoms with Gasteiger partial charge in [0.2, 0.25) is 5.91 Å². The number of methoxy groups -OCH3 is 1. The van der Waals surface area contributed by atoms with E-state index in [2.05, 4.69) is 15.1 Å². The SMILES string of the molecule is COc1ccc([N+](=O)[O-])cc1CN1CCN(C(C)C(=O)NC2CC2)CC1. The van der Waals surface area contributed by atoms with Crippen molar-refractivity contribution in [3.63, 3.8) is 0 Å². The number of nitrogens with zero attached hydrogens (tertiary/aromatic N) is 3. The molecule has 0 bridgehead atoms. The summed E-state index contributed by atoms with van der Waals surface area (Å²) in [6, 6.07) is 4.95. The number of carbonyl (C=O) groups excluding carboxylic acids is 1. The smallest absolute Gasteiger partial charge is 0.270 e. The van der Waals surface area contributed by atoms with Crippen LogP contribution >= 0.6 is 0 Å². The molecule has 1 unspecified atom stereocenters. The first-order chi connectivity index (χ1) is 12.5. The van der Waals surface area contributed by atoms with Crippen molar-refractivity contribution in [2.45, 2.75) is 38.4 Å². The van der Waals surface area contributed by atoms with Crippen LogP contribution < -0.4 is 10.1 Å². The lowest BCUT2D eigenvalue weighted by Crippen LogP contribution is -2.53. The second-order valence-corrected chi connectivity index (χ2v) is 7.02. The molecule has 1 aromatic rings. The highest BCUT2D eigenvalue weighted by Crippen LogP contribution is 2.26. The molecule has 1 aliphatic heterocycles. The molecule has 8 nitrogen and oxygen atoms in total. The fourth-order valence-electron chi connectivity index (χ4n) is 3.27. The summed E-state index contributed by atoms with van der Waals surface area (Å²) in [6.07, 6.45) is 2.19. The summed E-state index contributed by atoms with van der Waals surface area (Å²) in [6.45, 7) is 5.78. The molecule has 2 aliphatic rings. The number of ether oxygens (including phenoxy) is 1. The fourth-order valence-corrected chi connectivity index (χ4v) is 3.27. The van der Waals surface area contributed by atoms with E-state index in [0.717, 1.165) is 44.6 Å². The van der Waals surface area contributed by atoms with Crippen molar-refractivity contribution in [3.05, 3.63) is 33.9 Å². The predicted molar refractivity (Wildman–Crippen MR) is 97.1 cm³/mol. The number of nitrogens with one attached hydrogen (secondary N) is 1. The minimum Gasteiger partial charge on any atom is -0.496 e. The van der Waals surface area contributed by atoms with Crippen LogP contribution in [-0.4, -0.2) is 66.0 Å². The molecule has 1 saturated heterocycles. The number of nitro groups is 1. The molecule has 1 saturated carbocycles. The van der Waals surface area contributed by atoms with Gasteiger partial charge in [0.05, 0.1) is 18.1 Å². The summed E-state index contributed by atoms with van der Waals surface area (Å²) < 4.78 is 5.34. The Morgan fingerprint density at radius 3 is 2.62 bits per heavy atom. The molecule has 142 valence electrons. The molecule has 1 aromatic carbocycles. The minimum absolute atomic E-state index is 0.0739. The number of hydrogen-bond donors (Lipinski definition) is 1. The van der Waals surface area contributed by atoms with E-state index in [1.165, 1.54) is 6.07 Å². The number of benzene rings is 1. The monoisotopic (exact) mass is 362 g/mol. The van der Waals surface area contributed by atoms with Crippen molar-refractivity contribution < 1.29 is 14.5 Å². The van der Waals surface area contributed by atoms with E-state index in [1.807, 2.05) is 6.92 Å². The topological polar surface area (TPSA) is 88.0 Å². The Morgan fingerprint density at radius 2 is 2.04 bits per heavy atom. The lowest BCUT2D eigenvalue weighted by Gasteiger charge is -2.37. The first-order valence-electron chi connectivity index (χ1n) is 9.06. The maximum Gasteiger partial charge on any atom is 0.270 e. The number of rotatable bonds is 7. The Balaban J connectivity index is 1.55. The van der Waals surface area contributed by atoms with E-state index in [-0.39, 0.29) is 22.6 Å². The zero-order valence-corrected chi connectivity index (χ0v) is 15.3. The van der Waals surface area contributed by atoms with Crippen LogP contribution in [0, 0.1) is 10.1 Å². The van der Waals surface area contributed by atoms with Gasteiger partial charge in [0, 0.05) is 56.5 Å². The maximum atomic E-state index is 12.2. The summed E-state index contributed by atoms with van der Waals surface area (Å²) in [5.41, 5.74) is 0.888. The maximum absolute atomic E-state index is 12.2. The molecule has 1 heterocycles. The van der Waals surface area contributed by atoms with E-state index in [0.29, 0.717) is 18.3 Å². The van der Waals surface area contributed by atoms with Gasteiger partial charge in [-0.2, -0.15) is 0 Å². The van der Waals surface area contributed by atoms with Gasteiger partial charge in [-0.05, 0) is 25.8 Å². The van der Waals surface area contributed by atoms with Gasteiger partial charge in [-0.15, -0.1) is 0 Å². The first-order valence-corrected chi connectivity index (χ1v) is 9.06. The Morgan fingerprint density at radius 1 is 1.35 bits per heavy atom. The zero-order valence-electron chi connectivity index (χ0n) is 15.3. The average Bonchev–Trinajstić information content (AvgIpc) is 3.45. The summed E-state index contributed by atoms with van der Waals surface area (Å²) >= 11 is 0. The largest absolute Gasteiger partial charge is 0.496 e. The quantitative estimate of drug-likeness (QED) is 0.582. The lowest BCUT2D eigenvalue weighted by atomic mass is 10.1. The summed E-state index contributed by atoms with van der Waals surface area (Å²) in [5.74, 6) is 0.775. The number of carbonyl (C=O) groups is 1. The van der Waals surface area contributed by atoms with Gasteiger partial charge in [-0.3, -0.25) is 24.7 Å². The lowest BCUT2D eigenvalue weighted by molar-refractivity contribution is -0.385. The van der Waals surface area contributed by atoms with Gasteiger partial charge < -0.3 is 10.1 Å². The minimum atomic E-state index is -0.388. The molecule has 2 fully saturated rings. The first kappa shape index (κ1) is 18.6. The number of non-ortho nitro benzene ring substituents is 1. The Hall–Kier alpha value is -2.19. The van der Waals surface area contributed by atoms with Gasteiger partial charge in [0.25, 0.3) is 5.69 Å². The van der Waals surface area contributed by atoms with Crippen LogP contribution in [0.5, 0.6) is 5.75 Å². The molecule has 0 radical (unpaired) electrons. The highest BCUT2D eigenvalue weighted by molar-refractivity contribution is 5.81. The third-order valence-corrected chi connectivity index (χ3v) is 5.13. The number of amides is 1. The van der Waals surface area contributed by atoms with Crippen LogP contribution in [0.25, 0.3) is 0 Å². The fraction of sp³-hybridized carbons (Fsp3) is 0.611. The van der Waals surface area contributed by atoms with E-state index in [4.69, 9.17) is 4.74 Å². The zero-order chi connectivity index (χ0) is 18.7. The molecule has 0 spiro atoms. The van der Waals surface area contributed by atoms with Crippen LogP contribution in [-0.2, 0) is 11.3 Å². The molecule has 8 heteroatoms. The molecule has 1 atom stereocenters. The van der Waals surface area contributed by atoms with Gasteiger partial charge in [0.1, 0.15) is 5.75 Å². The second kappa shape index (κ2) is 8.01. The van der Waals surface area contributed by atoms with Crippen LogP contribution in [0.1, 0.15) is 25.3 Å². The molecule has 26 heavy (non-hydrogen) atoms. The van der Waals surface area contributed by atoms with Gasteiger partial charge in [-0.25, -0.2) is 0 Å². The number of piperazine rings is 1. The van der Waals surface area contributed by atoms with Crippen LogP contribution in [0.2, 0.25) is 0 Å². The molecule has 1 N–H and O–H groups in total. The standard InChI is InChI=1S/C18H26N4O4/c1-13(18(23)19-15-3-4-15)21-9-7-20(8-10-21)12-14-11-16(22(24)25)5-6-17(14)26-2/h5-6,11,13,15H,3-4,7-10,12H2,1-2H3,(H,19,23). The van der Waals surface area contributed by atoms with Crippen LogP contribution in [0.15, 0.2) is 18.2 Å². The molecular weight excluding hydrogens is 336 g/mol. The van der Waals surface area contributed by atoms with Crippen molar-refractivity contribution in [1.82, 2.24) is 15.1 Å². The number of nitro benzene ring substituents is 1. The summed E-state index contributed by atoms with van der Waals surface area (Å²) in [5, 5.41) is 14.1. The molecular formula is C18H26N4O4. The molecule has 3 rings (SSSR count). The molecule has 1 amide bonds. The van der Waals surface area contributed by atoms with Gasteiger partial charge >= 0.3 is 0 Å². The van der Waals surface area contributed by atoms with E-state index < -0.39 is 0 Å². The van der Waals surface area contributed by atoms with E-state index in [1.54, 1.807) is 19.2 Å². The van der Waals surface area contributed by atoms with Crippen molar-refractivity contribution >= 4 is 11.6 Å². The van der Waals surface area contributed by atoms with Crippen LogP contribution in [0.4, 0.5) is 5.69 Å². The summed E-state index contributed by atoms with van der Waals surface area (Å²) in [7, 11) is 1.57. The van der Waals surface area contributed by atoms with Gasteiger partial charge in [0.15, 0.2) is 0 Å². The second-order valence-electron chi connectivity index (χ2n) is 7.02. The van der Waals surface area contributed by atoms with E-state index >= 15 is 0 Å². The Kier molecular flexibility index (Phi) is 5.73. The van der Waals surface area contributed by atoms with Crippen molar-refractivity contribution in [3.8, 4) is 5.75 Å². The third-order valence-electron chi connectivity index (χ3n) is 5.13. The molecule has 0 aromatic heterocycles. The Bertz CT molecular complexity index is 669. The van der Waals surface area contributed by atoms with E-state index in [9.17, 15) is 14.9 Å². The van der Waals surface area contributed by atoms with Gasteiger partial charge in [-0.1, -0.05) is 0 Å². The molecule has 1 aliphatic carbocycles. The van der Waals surface area contributed by atoms with Crippen LogP contribution in [0.3, 0.4) is 0 Å². The highest BCUT2D eigenvalue weighted by Gasteiger charge is 2.30. The van der Waals surface area contributed by atoms with Crippen molar-refractivity contribution in [2.24, 2.45) is 0 Å². The Labute approximate surface area is 153 Å². The third kappa shape index (κ3) is 4.50. The average molecular weight is 362 g/mol. The highest BCUT2D eigenvalue weighted by atomic mass is 16.6. The normalized spacial score (nSPS) is 19.8. The predicted octanol–water partition coefficient (Wildman–Crippen LogP) is 1.39. The van der Waals surface area contributed by atoms with Crippen molar-refractivity contribution in [1.29, 1.82) is 0 Å². The number of hydrogen-bond acceptors (Lipinski definition) is 6.